The smallest absolute Gasteiger partial charge is 0.256 e. The van der Waals surface area contributed by atoms with Crippen LogP contribution in [0.1, 0.15) is 62.7 Å². The highest BCUT2D eigenvalue weighted by Gasteiger charge is 2.44. The van der Waals surface area contributed by atoms with Crippen molar-refractivity contribution in [2.45, 2.75) is 58.4 Å². The highest BCUT2D eigenvalue weighted by atomic mass is 16.2. The van der Waals surface area contributed by atoms with Gasteiger partial charge in [-0.3, -0.25) is 14.4 Å². The molecule has 1 aromatic rings. The van der Waals surface area contributed by atoms with Gasteiger partial charge in [0.25, 0.3) is 11.8 Å². The maximum absolute atomic E-state index is 13.3. The van der Waals surface area contributed by atoms with E-state index in [1.165, 1.54) is 4.90 Å². The van der Waals surface area contributed by atoms with Crippen LogP contribution in [0, 0.1) is 5.92 Å². The molecule has 2 aliphatic heterocycles. The Balaban J connectivity index is 2.06. The summed E-state index contributed by atoms with van der Waals surface area (Å²) in [4.78, 5) is 42.3. The van der Waals surface area contributed by atoms with Gasteiger partial charge in [-0.1, -0.05) is 38.8 Å². The van der Waals surface area contributed by atoms with Crippen LogP contribution in [0.2, 0.25) is 0 Å². The van der Waals surface area contributed by atoms with Crippen molar-refractivity contribution >= 4 is 23.4 Å². The van der Waals surface area contributed by atoms with Crippen molar-refractivity contribution < 1.29 is 14.4 Å². The van der Waals surface area contributed by atoms with Gasteiger partial charge in [0, 0.05) is 12.5 Å². The first-order chi connectivity index (χ1) is 12.1. The maximum Gasteiger partial charge on any atom is 0.256 e. The number of carbonyl (C=O) groups is 3. The largest absolute Gasteiger partial charge is 0.327 e. The summed E-state index contributed by atoms with van der Waals surface area (Å²) in [6, 6.07) is 6.51. The quantitative estimate of drug-likeness (QED) is 0.824. The van der Waals surface area contributed by atoms with Crippen molar-refractivity contribution in [2.75, 3.05) is 11.4 Å². The highest BCUT2D eigenvalue weighted by Crippen LogP contribution is 2.34. The van der Waals surface area contributed by atoms with Crippen LogP contribution in [0.15, 0.2) is 24.3 Å². The molecule has 1 atom stereocenters. The molecule has 2 aliphatic rings. The zero-order chi connectivity index (χ0) is 18.0. The molecule has 5 heteroatoms. The third-order valence-corrected chi connectivity index (χ3v) is 5.24. The molecule has 0 aliphatic carbocycles. The number of para-hydroxylation sites is 1. The Hall–Kier alpha value is -2.17. The van der Waals surface area contributed by atoms with E-state index in [2.05, 4.69) is 13.8 Å². The Morgan fingerprint density at radius 3 is 2.52 bits per heavy atom. The first kappa shape index (κ1) is 17.6. The minimum atomic E-state index is -0.507. The number of imide groups is 1. The first-order valence-electron chi connectivity index (χ1n) is 9.37. The van der Waals surface area contributed by atoms with Crippen LogP contribution < -0.4 is 4.90 Å². The predicted molar refractivity (Wildman–Crippen MR) is 96.3 cm³/mol. The molecule has 1 unspecified atom stereocenters. The lowest BCUT2D eigenvalue weighted by molar-refractivity contribution is -0.130. The SMILES string of the molecule is CCCC(CCC)C(=O)N1C(=O)C2CCCN2C(=O)c2ccccc21. The van der Waals surface area contributed by atoms with Gasteiger partial charge in [0.15, 0.2) is 0 Å². The number of anilines is 1. The second kappa shape index (κ2) is 7.38. The lowest BCUT2D eigenvalue weighted by Gasteiger charge is -2.27. The molecule has 2 heterocycles. The third-order valence-electron chi connectivity index (χ3n) is 5.24. The lowest BCUT2D eigenvalue weighted by Crippen LogP contribution is -2.49. The second-order valence-corrected chi connectivity index (χ2v) is 6.96. The van der Waals surface area contributed by atoms with Crippen LogP contribution in [0.3, 0.4) is 0 Å². The van der Waals surface area contributed by atoms with Gasteiger partial charge in [-0.05, 0) is 37.8 Å². The zero-order valence-electron chi connectivity index (χ0n) is 15.0. The summed E-state index contributed by atoms with van der Waals surface area (Å²) in [5, 5.41) is 0. The number of nitrogens with zero attached hydrogens (tertiary/aromatic N) is 2. The molecule has 0 saturated carbocycles. The van der Waals surface area contributed by atoms with E-state index in [0.717, 1.165) is 32.1 Å². The van der Waals surface area contributed by atoms with Crippen LogP contribution in [-0.4, -0.2) is 35.2 Å². The number of hydrogen-bond acceptors (Lipinski definition) is 3. The van der Waals surface area contributed by atoms with Crippen molar-refractivity contribution in [3.8, 4) is 0 Å². The highest BCUT2D eigenvalue weighted by molar-refractivity contribution is 6.22. The van der Waals surface area contributed by atoms with E-state index in [-0.39, 0.29) is 23.6 Å². The van der Waals surface area contributed by atoms with Crippen molar-refractivity contribution in [1.29, 1.82) is 0 Å². The number of hydrogen-bond donors (Lipinski definition) is 0. The van der Waals surface area contributed by atoms with E-state index in [1.807, 2.05) is 0 Å². The molecule has 25 heavy (non-hydrogen) atoms. The average Bonchev–Trinajstić information content (AvgIpc) is 3.08. The number of amides is 3. The van der Waals surface area contributed by atoms with Crippen LogP contribution in [0.25, 0.3) is 0 Å². The Morgan fingerprint density at radius 1 is 1.16 bits per heavy atom. The Morgan fingerprint density at radius 2 is 1.84 bits per heavy atom. The summed E-state index contributed by atoms with van der Waals surface area (Å²) in [6.07, 6.45) is 4.76. The summed E-state index contributed by atoms with van der Waals surface area (Å²) in [5.41, 5.74) is 0.912. The molecule has 3 amide bonds. The van der Waals surface area contributed by atoms with E-state index < -0.39 is 6.04 Å². The van der Waals surface area contributed by atoms with E-state index in [9.17, 15) is 14.4 Å². The normalized spacial score (nSPS) is 19.9. The van der Waals surface area contributed by atoms with Gasteiger partial charge in [-0.25, -0.2) is 4.90 Å². The van der Waals surface area contributed by atoms with E-state index >= 15 is 0 Å². The number of benzene rings is 1. The molecular formula is C20H26N2O3. The molecule has 0 N–H and O–H groups in total. The number of rotatable bonds is 5. The minimum Gasteiger partial charge on any atom is -0.327 e. The van der Waals surface area contributed by atoms with Crippen LogP contribution in [-0.2, 0) is 9.59 Å². The molecule has 0 aromatic heterocycles. The Bertz CT molecular complexity index is 679. The molecule has 1 aromatic carbocycles. The van der Waals surface area contributed by atoms with Gasteiger partial charge in [-0.15, -0.1) is 0 Å². The van der Waals surface area contributed by atoms with Gasteiger partial charge in [-0.2, -0.15) is 0 Å². The molecule has 0 bridgehead atoms. The third kappa shape index (κ3) is 3.08. The molecule has 0 spiro atoms. The Labute approximate surface area is 149 Å². The fourth-order valence-electron chi connectivity index (χ4n) is 4.04. The van der Waals surface area contributed by atoms with Crippen LogP contribution in [0.4, 0.5) is 5.69 Å². The predicted octanol–water partition coefficient (Wildman–Crippen LogP) is 3.38. The van der Waals surface area contributed by atoms with Gasteiger partial charge < -0.3 is 4.90 Å². The fourth-order valence-corrected chi connectivity index (χ4v) is 4.04. The molecule has 0 radical (unpaired) electrons. The summed E-state index contributed by atoms with van der Waals surface area (Å²) >= 11 is 0. The van der Waals surface area contributed by atoms with Crippen molar-refractivity contribution in [1.82, 2.24) is 4.90 Å². The Kier molecular flexibility index (Phi) is 5.21. The fraction of sp³-hybridized carbons (Fsp3) is 0.550. The van der Waals surface area contributed by atoms with Crippen LogP contribution >= 0.6 is 0 Å². The number of fused-ring (bicyclic) bond motifs is 2. The van der Waals surface area contributed by atoms with Gasteiger partial charge in [0.2, 0.25) is 5.91 Å². The average molecular weight is 342 g/mol. The zero-order valence-corrected chi connectivity index (χ0v) is 15.0. The van der Waals surface area contributed by atoms with Crippen molar-refractivity contribution in [3.05, 3.63) is 29.8 Å². The van der Waals surface area contributed by atoms with E-state index in [0.29, 0.717) is 24.2 Å². The van der Waals surface area contributed by atoms with E-state index in [4.69, 9.17) is 0 Å². The van der Waals surface area contributed by atoms with Gasteiger partial charge >= 0.3 is 0 Å². The number of carbonyl (C=O) groups excluding carboxylic acids is 3. The molecule has 5 nitrogen and oxygen atoms in total. The standard InChI is InChI=1S/C20H26N2O3/c1-3-8-14(9-4-2)18(23)22-16-11-6-5-10-15(16)19(24)21-13-7-12-17(21)20(22)25/h5-6,10-11,14,17H,3-4,7-9,12-13H2,1-2H3. The summed E-state index contributed by atoms with van der Waals surface area (Å²) < 4.78 is 0. The molecule has 3 rings (SSSR count). The maximum atomic E-state index is 13.3. The minimum absolute atomic E-state index is 0.135. The summed E-state index contributed by atoms with van der Waals surface area (Å²) in [6.45, 7) is 4.69. The van der Waals surface area contributed by atoms with Crippen molar-refractivity contribution in [2.24, 2.45) is 5.92 Å². The molecule has 134 valence electrons. The molecular weight excluding hydrogens is 316 g/mol. The lowest BCUT2D eigenvalue weighted by atomic mass is 9.95. The summed E-state index contributed by atoms with van der Waals surface area (Å²) in [5.74, 6) is -0.694. The monoisotopic (exact) mass is 342 g/mol. The van der Waals surface area contributed by atoms with Gasteiger partial charge in [0.1, 0.15) is 6.04 Å². The van der Waals surface area contributed by atoms with E-state index in [1.54, 1.807) is 29.2 Å². The van der Waals surface area contributed by atoms with Crippen LogP contribution in [0.5, 0.6) is 0 Å². The van der Waals surface area contributed by atoms with Gasteiger partial charge in [0.05, 0.1) is 11.3 Å². The topological polar surface area (TPSA) is 57.7 Å². The molecule has 1 saturated heterocycles. The second-order valence-electron chi connectivity index (χ2n) is 6.96. The molecule has 1 fully saturated rings. The first-order valence-corrected chi connectivity index (χ1v) is 9.37. The van der Waals surface area contributed by atoms with Crippen molar-refractivity contribution in [3.63, 3.8) is 0 Å². The summed E-state index contributed by atoms with van der Waals surface area (Å²) in [7, 11) is 0.